The summed E-state index contributed by atoms with van der Waals surface area (Å²) in [5, 5.41) is 3.16. The lowest BCUT2D eigenvalue weighted by Gasteiger charge is -2.15. The van der Waals surface area contributed by atoms with Gasteiger partial charge in [0.05, 0.1) is 12.5 Å². The molecule has 3 rings (SSSR count). The molecule has 0 aromatic heterocycles. The standard InChI is InChI=1S/C22H19ClFNO/c1-15(25-22(26)14-19-20(23)8-5-9-21(19)24)16-10-12-18(13-11-16)17-6-3-2-4-7-17/h2-13,15H,14H2,1H3,(H,25,26). The molecule has 0 saturated carbocycles. The van der Waals surface area contributed by atoms with Crippen LogP contribution in [0.3, 0.4) is 0 Å². The molecule has 3 aromatic carbocycles. The van der Waals surface area contributed by atoms with Gasteiger partial charge in [-0.05, 0) is 35.7 Å². The Morgan fingerprint density at radius 1 is 0.962 bits per heavy atom. The van der Waals surface area contributed by atoms with E-state index in [1.165, 1.54) is 12.1 Å². The van der Waals surface area contributed by atoms with E-state index in [0.717, 1.165) is 16.7 Å². The Labute approximate surface area is 157 Å². The van der Waals surface area contributed by atoms with Crippen LogP contribution in [-0.4, -0.2) is 5.91 Å². The minimum atomic E-state index is -0.465. The number of nitrogens with one attached hydrogen (secondary N) is 1. The predicted octanol–water partition coefficient (Wildman–Crippen LogP) is 5.57. The average Bonchev–Trinajstić information content (AvgIpc) is 2.66. The largest absolute Gasteiger partial charge is 0.349 e. The average molecular weight is 368 g/mol. The van der Waals surface area contributed by atoms with Crippen LogP contribution in [0.5, 0.6) is 0 Å². The van der Waals surface area contributed by atoms with Gasteiger partial charge in [-0.1, -0.05) is 72.3 Å². The number of benzene rings is 3. The van der Waals surface area contributed by atoms with Gasteiger partial charge in [0.2, 0.25) is 5.91 Å². The maximum atomic E-state index is 13.8. The Balaban J connectivity index is 1.66. The molecular formula is C22H19ClFNO. The number of hydrogen-bond donors (Lipinski definition) is 1. The highest BCUT2D eigenvalue weighted by molar-refractivity contribution is 6.31. The highest BCUT2D eigenvalue weighted by Crippen LogP contribution is 2.23. The van der Waals surface area contributed by atoms with Crippen LogP contribution in [0.25, 0.3) is 11.1 Å². The predicted molar refractivity (Wildman–Crippen MR) is 104 cm³/mol. The number of halogens is 2. The van der Waals surface area contributed by atoms with Crippen molar-refractivity contribution in [2.45, 2.75) is 19.4 Å². The first-order valence-corrected chi connectivity index (χ1v) is 8.80. The van der Waals surface area contributed by atoms with Crippen LogP contribution in [0.15, 0.2) is 72.8 Å². The van der Waals surface area contributed by atoms with Gasteiger partial charge in [-0.15, -0.1) is 0 Å². The first kappa shape index (κ1) is 18.2. The van der Waals surface area contributed by atoms with Crippen LogP contribution in [-0.2, 0) is 11.2 Å². The van der Waals surface area contributed by atoms with Gasteiger partial charge in [-0.25, -0.2) is 4.39 Å². The Morgan fingerprint density at radius 2 is 1.62 bits per heavy atom. The van der Waals surface area contributed by atoms with Gasteiger partial charge in [0, 0.05) is 10.6 Å². The first-order chi connectivity index (χ1) is 12.5. The van der Waals surface area contributed by atoms with Crippen LogP contribution in [0.4, 0.5) is 4.39 Å². The highest BCUT2D eigenvalue weighted by atomic mass is 35.5. The van der Waals surface area contributed by atoms with E-state index in [1.54, 1.807) is 6.07 Å². The molecule has 1 atom stereocenters. The van der Waals surface area contributed by atoms with Crippen LogP contribution >= 0.6 is 11.6 Å². The van der Waals surface area contributed by atoms with Gasteiger partial charge in [0.15, 0.2) is 0 Å². The summed E-state index contributed by atoms with van der Waals surface area (Å²) in [4.78, 5) is 12.3. The number of carbonyl (C=O) groups excluding carboxylic acids is 1. The molecule has 132 valence electrons. The minimum Gasteiger partial charge on any atom is -0.349 e. The summed E-state index contributed by atoms with van der Waals surface area (Å²) < 4.78 is 13.8. The van der Waals surface area contributed by atoms with E-state index in [4.69, 9.17) is 11.6 Å². The fourth-order valence-electron chi connectivity index (χ4n) is 2.83. The summed E-state index contributed by atoms with van der Waals surface area (Å²) in [6.45, 7) is 1.90. The molecule has 0 fully saturated rings. The van der Waals surface area contributed by atoms with Crippen molar-refractivity contribution in [3.8, 4) is 11.1 Å². The van der Waals surface area contributed by atoms with Gasteiger partial charge in [-0.2, -0.15) is 0 Å². The summed E-state index contributed by atoms with van der Waals surface area (Å²) in [6.07, 6.45) is -0.0854. The van der Waals surface area contributed by atoms with Crippen LogP contribution in [0.1, 0.15) is 24.1 Å². The molecule has 0 bridgehead atoms. The quantitative estimate of drug-likeness (QED) is 0.627. The zero-order chi connectivity index (χ0) is 18.5. The maximum absolute atomic E-state index is 13.8. The van der Waals surface area contributed by atoms with Gasteiger partial charge in [0.1, 0.15) is 5.82 Å². The number of amides is 1. The van der Waals surface area contributed by atoms with E-state index < -0.39 is 5.82 Å². The van der Waals surface area contributed by atoms with Gasteiger partial charge < -0.3 is 5.32 Å². The Kier molecular flexibility index (Phi) is 5.69. The monoisotopic (exact) mass is 367 g/mol. The third-order valence-corrected chi connectivity index (χ3v) is 4.65. The lowest BCUT2D eigenvalue weighted by molar-refractivity contribution is -0.121. The van der Waals surface area contributed by atoms with Crippen LogP contribution in [0, 0.1) is 5.82 Å². The summed E-state index contributed by atoms with van der Waals surface area (Å²) in [5.74, 6) is -0.732. The van der Waals surface area contributed by atoms with Crippen molar-refractivity contribution in [1.82, 2.24) is 5.32 Å². The van der Waals surface area contributed by atoms with E-state index >= 15 is 0 Å². The molecule has 0 heterocycles. The lowest BCUT2D eigenvalue weighted by atomic mass is 10.0. The summed E-state index contributed by atoms with van der Waals surface area (Å²) in [7, 11) is 0. The highest BCUT2D eigenvalue weighted by Gasteiger charge is 2.14. The summed E-state index contributed by atoms with van der Waals surface area (Å²) in [6, 6.07) is 22.4. The molecule has 0 aliphatic heterocycles. The fraction of sp³-hybridized carbons (Fsp3) is 0.136. The van der Waals surface area contributed by atoms with E-state index in [9.17, 15) is 9.18 Å². The molecule has 1 amide bonds. The summed E-state index contributed by atoms with van der Waals surface area (Å²) >= 11 is 5.98. The van der Waals surface area contributed by atoms with Crippen molar-refractivity contribution in [3.05, 3.63) is 94.8 Å². The van der Waals surface area contributed by atoms with Crippen molar-refractivity contribution in [1.29, 1.82) is 0 Å². The molecule has 1 unspecified atom stereocenters. The van der Waals surface area contributed by atoms with E-state index in [1.807, 2.05) is 49.4 Å². The smallest absolute Gasteiger partial charge is 0.225 e. The molecule has 0 radical (unpaired) electrons. The molecule has 0 aliphatic carbocycles. The zero-order valence-corrected chi connectivity index (χ0v) is 15.1. The molecule has 26 heavy (non-hydrogen) atoms. The number of carbonyl (C=O) groups is 1. The van der Waals surface area contributed by atoms with Gasteiger partial charge in [0.25, 0.3) is 0 Å². The van der Waals surface area contributed by atoms with Crippen molar-refractivity contribution in [2.75, 3.05) is 0 Å². The molecule has 3 aromatic rings. The molecule has 2 nitrogen and oxygen atoms in total. The molecule has 0 aliphatic rings. The zero-order valence-electron chi connectivity index (χ0n) is 14.4. The normalized spacial score (nSPS) is 11.8. The van der Waals surface area contributed by atoms with E-state index in [2.05, 4.69) is 17.4 Å². The molecule has 4 heteroatoms. The van der Waals surface area contributed by atoms with E-state index in [0.29, 0.717) is 0 Å². The van der Waals surface area contributed by atoms with Gasteiger partial charge >= 0.3 is 0 Å². The minimum absolute atomic E-state index is 0.0854. The van der Waals surface area contributed by atoms with Gasteiger partial charge in [-0.3, -0.25) is 4.79 Å². The van der Waals surface area contributed by atoms with Crippen molar-refractivity contribution >= 4 is 17.5 Å². The topological polar surface area (TPSA) is 29.1 Å². The van der Waals surface area contributed by atoms with E-state index in [-0.39, 0.29) is 29.0 Å². The molecule has 0 spiro atoms. The second-order valence-corrected chi connectivity index (χ2v) is 6.56. The Hall–Kier alpha value is -2.65. The second kappa shape index (κ2) is 8.15. The third-order valence-electron chi connectivity index (χ3n) is 4.29. The second-order valence-electron chi connectivity index (χ2n) is 6.15. The SMILES string of the molecule is CC(NC(=O)Cc1c(F)cccc1Cl)c1ccc(-c2ccccc2)cc1. The van der Waals surface area contributed by atoms with Crippen LogP contribution in [0.2, 0.25) is 5.02 Å². The Morgan fingerprint density at radius 3 is 2.27 bits per heavy atom. The Bertz CT molecular complexity index is 874. The summed E-state index contributed by atoms with van der Waals surface area (Å²) in [5.41, 5.74) is 3.46. The first-order valence-electron chi connectivity index (χ1n) is 8.42. The third kappa shape index (κ3) is 4.30. The van der Waals surface area contributed by atoms with Crippen LogP contribution < -0.4 is 5.32 Å². The molecule has 1 N–H and O–H groups in total. The van der Waals surface area contributed by atoms with Crippen molar-refractivity contribution in [2.24, 2.45) is 0 Å². The van der Waals surface area contributed by atoms with Crippen molar-refractivity contribution in [3.63, 3.8) is 0 Å². The fourth-order valence-corrected chi connectivity index (χ4v) is 3.06. The number of hydrogen-bond acceptors (Lipinski definition) is 1. The lowest BCUT2D eigenvalue weighted by Crippen LogP contribution is -2.28. The molecule has 0 saturated heterocycles. The molecular weight excluding hydrogens is 349 g/mol. The van der Waals surface area contributed by atoms with Crippen molar-refractivity contribution < 1.29 is 9.18 Å². The maximum Gasteiger partial charge on any atom is 0.225 e. The number of rotatable bonds is 5.